The molecule has 1 aromatic carbocycles. The molecule has 14 heavy (non-hydrogen) atoms. The van der Waals surface area contributed by atoms with E-state index in [-0.39, 0.29) is 17.8 Å². The molecule has 6 heteroatoms. The Morgan fingerprint density at radius 1 is 1.29 bits per heavy atom. The molecule has 0 radical (unpaired) electrons. The average molecular weight is 192 g/mol. The summed E-state index contributed by atoms with van der Waals surface area (Å²) in [6, 6.07) is 6.81. The van der Waals surface area contributed by atoms with Crippen LogP contribution in [0.25, 0.3) is 0 Å². The van der Waals surface area contributed by atoms with Crippen molar-refractivity contribution in [1.82, 2.24) is 10.2 Å². The largest absolute Gasteiger partial charge is 0.506 e. The average Bonchev–Trinajstić information content (AvgIpc) is 2.56. The number of aromatic hydroxyl groups is 1. The predicted molar refractivity (Wildman–Crippen MR) is 50.1 cm³/mol. The number of aromatic nitrogens is 2. The number of nitrogen functional groups attached to an aromatic ring is 1. The Labute approximate surface area is 79.4 Å². The zero-order chi connectivity index (χ0) is 9.97. The number of anilines is 3. The van der Waals surface area contributed by atoms with Crippen molar-refractivity contribution in [2.75, 3.05) is 11.1 Å². The molecule has 0 aliphatic heterocycles. The molecule has 72 valence electrons. The first-order valence-electron chi connectivity index (χ1n) is 3.90. The monoisotopic (exact) mass is 192 g/mol. The summed E-state index contributed by atoms with van der Waals surface area (Å²) in [6.45, 7) is 0. The second-order valence-corrected chi connectivity index (χ2v) is 2.59. The van der Waals surface area contributed by atoms with E-state index in [9.17, 15) is 5.11 Å². The summed E-state index contributed by atoms with van der Waals surface area (Å²) in [5.41, 5.74) is 5.71. The van der Waals surface area contributed by atoms with Crippen LogP contribution in [0.3, 0.4) is 0 Å². The lowest BCUT2D eigenvalue weighted by molar-refractivity contribution is 0.477. The van der Waals surface area contributed by atoms with Crippen LogP contribution in [0.2, 0.25) is 0 Å². The van der Waals surface area contributed by atoms with E-state index in [1.807, 2.05) is 0 Å². The number of rotatable bonds is 2. The highest BCUT2D eigenvalue weighted by molar-refractivity contribution is 5.60. The molecular formula is C8H8N4O2. The predicted octanol–water partition coefficient (Wildman–Crippen LogP) is 1.10. The smallest absolute Gasteiger partial charge is 0.321 e. The third-order valence-corrected chi connectivity index (χ3v) is 1.59. The lowest BCUT2D eigenvalue weighted by Gasteiger charge is -2.02. The molecule has 2 aromatic rings. The van der Waals surface area contributed by atoms with Crippen molar-refractivity contribution in [2.45, 2.75) is 0 Å². The Morgan fingerprint density at radius 2 is 2.07 bits per heavy atom. The minimum absolute atomic E-state index is 0.0251. The molecule has 0 bridgehead atoms. The third kappa shape index (κ3) is 1.58. The molecule has 0 fully saturated rings. The fourth-order valence-electron chi connectivity index (χ4n) is 0.980. The summed E-state index contributed by atoms with van der Waals surface area (Å²) in [7, 11) is 0. The molecule has 0 spiro atoms. The fourth-order valence-corrected chi connectivity index (χ4v) is 0.980. The van der Waals surface area contributed by atoms with Crippen molar-refractivity contribution < 1.29 is 9.52 Å². The van der Waals surface area contributed by atoms with Gasteiger partial charge >= 0.3 is 12.0 Å². The first-order chi connectivity index (χ1) is 6.75. The second-order valence-electron chi connectivity index (χ2n) is 2.59. The summed E-state index contributed by atoms with van der Waals surface area (Å²) < 4.78 is 4.88. The molecular weight excluding hydrogens is 184 g/mol. The van der Waals surface area contributed by atoms with Crippen LogP contribution < -0.4 is 11.1 Å². The SMILES string of the molecule is Nc1nnc(Nc2ccccc2O)o1. The molecule has 2 rings (SSSR count). The van der Waals surface area contributed by atoms with Crippen LogP contribution in [-0.2, 0) is 0 Å². The maximum Gasteiger partial charge on any atom is 0.321 e. The van der Waals surface area contributed by atoms with Gasteiger partial charge in [-0.25, -0.2) is 0 Å². The minimum atomic E-state index is -0.0251. The van der Waals surface area contributed by atoms with Crippen molar-refractivity contribution in [3.8, 4) is 5.75 Å². The van der Waals surface area contributed by atoms with Gasteiger partial charge in [-0.05, 0) is 12.1 Å². The lowest BCUT2D eigenvalue weighted by atomic mass is 10.3. The summed E-state index contributed by atoms with van der Waals surface area (Å²) in [4.78, 5) is 0. The Kier molecular flexibility index (Phi) is 1.94. The van der Waals surface area contributed by atoms with E-state index in [0.717, 1.165) is 0 Å². The van der Waals surface area contributed by atoms with Crippen LogP contribution >= 0.6 is 0 Å². The third-order valence-electron chi connectivity index (χ3n) is 1.59. The quantitative estimate of drug-likeness (QED) is 0.616. The maximum atomic E-state index is 9.40. The molecule has 4 N–H and O–H groups in total. The van der Waals surface area contributed by atoms with Gasteiger partial charge in [-0.15, -0.1) is 0 Å². The zero-order valence-corrected chi connectivity index (χ0v) is 7.14. The number of hydrogen-bond acceptors (Lipinski definition) is 6. The van der Waals surface area contributed by atoms with E-state index >= 15 is 0 Å². The van der Waals surface area contributed by atoms with Gasteiger partial charge in [-0.3, -0.25) is 0 Å². The van der Waals surface area contributed by atoms with E-state index in [2.05, 4.69) is 15.5 Å². The number of nitrogens with one attached hydrogen (secondary N) is 1. The molecule has 6 nitrogen and oxygen atoms in total. The summed E-state index contributed by atoms with van der Waals surface area (Å²) >= 11 is 0. The number of phenolic OH excluding ortho intramolecular Hbond substituents is 1. The highest BCUT2D eigenvalue weighted by atomic mass is 16.4. The van der Waals surface area contributed by atoms with Crippen molar-refractivity contribution in [1.29, 1.82) is 0 Å². The normalized spacial score (nSPS) is 10.0. The van der Waals surface area contributed by atoms with Crippen LogP contribution in [-0.4, -0.2) is 15.3 Å². The molecule has 0 unspecified atom stereocenters. The molecule has 1 heterocycles. The van der Waals surface area contributed by atoms with Crippen LogP contribution in [0.1, 0.15) is 0 Å². The van der Waals surface area contributed by atoms with Crippen LogP contribution in [0.4, 0.5) is 17.7 Å². The molecule has 0 saturated heterocycles. The van der Waals surface area contributed by atoms with Crippen molar-refractivity contribution in [3.05, 3.63) is 24.3 Å². The number of benzene rings is 1. The number of nitrogens with two attached hydrogens (primary N) is 1. The molecule has 0 amide bonds. The van der Waals surface area contributed by atoms with Gasteiger partial charge in [0.25, 0.3) is 0 Å². The molecule has 1 aromatic heterocycles. The first kappa shape index (κ1) is 8.36. The van der Waals surface area contributed by atoms with Gasteiger partial charge in [-0.2, -0.15) is 0 Å². The summed E-state index contributed by atoms with van der Waals surface area (Å²) in [5, 5.41) is 19.2. The number of phenols is 1. The molecule has 0 atom stereocenters. The van der Waals surface area contributed by atoms with Gasteiger partial charge in [-0.1, -0.05) is 22.3 Å². The first-order valence-corrected chi connectivity index (χ1v) is 3.90. The zero-order valence-electron chi connectivity index (χ0n) is 7.14. The van der Waals surface area contributed by atoms with E-state index < -0.39 is 0 Å². The maximum absolute atomic E-state index is 9.40. The van der Waals surface area contributed by atoms with Crippen molar-refractivity contribution >= 4 is 17.7 Å². The Hall–Kier alpha value is -2.24. The van der Waals surface area contributed by atoms with Crippen molar-refractivity contribution in [2.24, 2.45) is 0 Å². The topological polar surface area (TPSA) is 97.2 Å². The van der Waals surface area contributed by atoms with Gasteiger partial charge in [0.05, 0.1) is 5.69 Å². The number of nitrogens with zero attached hydrogens (tertiary/aromatic N) is 2. The van der Waals surface area contributed by atoms with Crippen molar-refractivity contribution in [3.63, 3.8) is 0 Å². The highest BCUT2D eigenvalue weighted by Crippen LogP contribution is 2.25. The van der Waals surface area contributed by atoms with Gasteiger partial charge in [0.1, 0.15) is 5.75 Å². The van der Waals surface area contributed by atoms with Crippen LogP contribution in [0.5, 0.6) is 5.75 Å². The Morgan fingerprint density at radius 3 is 2.71 bits per heavy atom. The van der Waals surface area contributed by atoms with E-state index in [4.69, 9.17) is 10.2 Å². The van der Waals surface area contributed by atoms with Gasteiger partial charge in [0, 0.05) is 0 Å². The van der Waals surface area contributed by atoms with E-state index in [0.29, 0.717) is 5.69 Å². The fraction of sp³-hybridized carbons (Fsp3) is 0. The second kappa shape index (κ2) is 3.25. The standard InChI is InChI=1S/C8H8N4O2/c9-7-11-12-8(14-7)10-5-3-1-2-4-6(5)13/h1-4,13H,(H2,9,11)(H,10,12). The molecule has 0 aliphatic rings. The van der Waals surface area contributed by atoms with Gasteiger partial charge in [0.2, 0.25) is 0 Å². The summed E-state index contributed by atoms with van der Waals surface area (Å²) in [6.07, 6.45) is 0. The summed E-state index contributed by atoms with van der Waals surface area (Å²) in [5.74, 6) is 0.101. The molecule has 0 saturated carbocycles. The number of hydrogen-bond donors (Lipinski definition) is 3. The Bertz CT molecular complexity index is 440. The van der Waals surface area contributed by atoms with Gasteiger partial charge < -0.3 is 20.6 Å². The van der Waals surface area contributed by atoms with E-state index in [1.165, 1.54) is 0 Å². The van der Waals surface area contributed by atoms with Gasteiger partial charge in [0.15, 0.2) is 0 Å². The van der Waals surface area contributed by atoms with Crippen LogP contribution in [0, 0.1) is 0 Å². The Balaban J connectivity index is 2.23. The lowest BCUT2D eigenvalue weighted by Crippen LogP contribution is -1.90. The molecule has 0 aliphatic carbocycles. The highest BCUT2D eigenvalue weighted by Gasteiger charge is 2.05. The van der Waals surface area contributed by atoms with E-state index in [1.54, 1.807) is 24.3 Å². The minimum Gasteiger partial charge on any atom is -0.506 e. The van der Waals surface area contributed by atoms with Crippen LogP contribution in [0.15, 0.2) is 28.7 Å². The number of para-hydroxylation sites is 2.